The fraction of sp³-hybridized carbons (Fsp3) is 0.846. The number of rotatable bonds is 3. The summed E-state index contributed by atoms with van der Waals surface area (Å²) >= 11 is 1.63. The van der Waals surface area contributed by atoms with Gasteiger partial charge in [0, 0.05) is 17.2 Å². The SMILES string of the molecule is CC(C)[C@@H](C)SC1CC(=O)N(C(C)(C)C)C1=O. The van der Waals surface area contributed by atoms with Gasteiger partial charge in [-0.3, -0.25) is 14.5 Å². The third-order valence-corrected chi connectivity index (χ3v) is 4.76. The third-order valence-electron chi connectivity index (χ3n) is 3.09. The minimum absolute atomic E-state index is 0.0139. The number of carbonyl (C=O) groups is 2. The summed E-state index contributed by atoms with van der Waals surface area (Å²) < 4.78 is 0. The molecule has 0 N–H and O–H groups in total. The number of amides is 2. The number of hydrogen-bond acceptors (Lipinski definition) is 3. The first kappa shape index (κ1) is 14.6. The van der Waals surface area contributed by atoms with Crippen LogP contribution in [0.5, 0.6) is 0 Å². The van der Waals surface area contributed by atoms with Gasteiger partial charge in [-0.25, -0.2) is 0 Å². The topological polar surface area (TPSA) is 37.4 Å². The summed E-state index contributed by atoms with van der Waals surface area (Å²) in [6.07, 6.45) is 0.359. The van der Waals surface area contributed by atoms with Gasteiger partial charge in [0.1, 0.15) is 0 Å². The number of carbonyl (C=O) groups excluding carboxylic acids is 2. The van der Waals surface area contributed by atoms with Crippen LogP contribution >= 0.6 is 11.8 Å². The van der Waals surface area contributed by atoms with Crippen molar-refractivity contribution in [2.24, 2.45) is 5.92 Å². The van der Waals surface area contributed by atoms with Crippen LogP contribution in [-0.4, -0.2) is 32.8 Å². The monoisotopic (exact) mass is 257 g/mol. The lowest BCUT2D eigenvalue weighted by atomic mass is 10.1. The third kappa shape index (κ3) is 3.24. The van der Waals surface area contributed by atoms with E-state index in [9.17, 15) is 9.59 Å². The average Bonchev–Trinajstić information content (AvgIpc) is 2.40. The Morgan fingerprint density at radius 3 is 2.12 bits per heavy atom. The summed E-state index contributed by atoms with van der Waals surface area (Å²) in [5, 5.41) is 0.218. The Morgan fingerprint density at radius 2 is 1.76 bits per heavy atom. The standard InChI is InChI=1S/C13H23NO2S/c1-8(2)9(3)17-10-7-11(15)14(12(10)16)13(4,5)6/h8-10H,7H2,1-6H3/t9-,10?/m1/s1. The summed E-state index contributed by atoms with van der Waals surface area (Å²) in [5.74, 6) is 0.475. The lowest BCUT2D eigenvalue weighted by Crippen LogP contribution is -2.46. The van der Waals surface area contributed by atoms with E-state index in [1.54, 1.807) is 11.8 Å². The molecule has 1 rings (SSSR count). The molecule has 2 atom stereocenters. The summed E-state index contributed by atoms with van der Waals surface area (Å²) in [5.41, 5.74) is -0.398. The highest BCUT2D eigenvalue weighted by Gasteiger charge is 2.44. The molecule has 1 heterocycles. The van der Waals surface area contributed by atoms with Gasteiger partial charge >= 0.3 is 0 Å². The molecule has 0 bridgehead atoms. The molecule has 0 aromatic heterocycles. The van der Waals surface area contributed by atoms with Crippen molar-refractivity contribution in [3.05, 3.63) is 0 Å². The maximum atomic E-state index is 12.2. The molecule has 3 nitrogen and oxygen atoms in total. The van der Waals surface area contributed by atoms with Crippen LogP contribution in [0.4, 0.5) is 0 Å². The Hall–Kier alpha value is -0.510. The van der Waals surface area contributed by atoms with E-state index in [4.69, 9.17) is 0 Å². The first-order valence-electron chi connectivity index (χ1n) is 6.17. The van der Waals surface area contributed by atoms with Crippen LogP contribution in [0.15, 0.2) is 0 Å². The Labute approximate surface area is 108 Å². The van der Waals surface area contributed by atoms with E-state index < -0.39 is 5.54 Å². The second-order valence-corrected chi connectivity index (χ2v) is 7.60. The van der Waals surface area contributed by atoms with Gasteiger partial charge in [-0.05, 0) is 26.7 Å². The molecular weight excluding hydrogens is 234 g/mol. The zero-order chi connectivity index (χ0) is 13.4. The molecule has 0 saturated carbocycles. The fourth-order valence-corrected chi connectivity index (χ4v) is 3.12. The van der Waals surface area contributed by atoms with Crippen molar-refractivity contribution in [3.63, 3.8) is 0 Å². The van der Waals surface area contributed by atoms with E-state index in [2.05, 4.69) is 20.8 Å². The van der Waals surface area contributed by atoms with Gasteiger partial charge in [0.15, 0.2) is 0 Å². The largest absolute Gasteiger partial charge is 0.276 e. The molecule has 0 radical (unpaired) electrons. The van der Waals surface area contributed by atoms with Crippen molar-refractivity contribution in [1.29, 1.82) is 0 Å². The molecule has 1 aliphatic heterocycles. The van der Waals surface area contributed by atoms with E-state index in [0.29, 0.717) is 17.6 Å². The van der Waals surface area contributed by atoms with E-state index in [1.807, 2.05) is 20.8 Å². The van der Waals surface area contributed by atoms with E-state index in [-0.39, 0.29) is 17.1 Å². The Kier molecular flexibility index (Phi) is 4.28. The summed E-state index contributed by atoms with van der Waals surface area (Å²) in [6.45, 7) is 12.1. The predicted molar refractivity (Wildman–Crippen MR) is 71.9 cm³/mol. The molecule has 1 aliphatic rings. The molecule has 1 saturated heterocycles. The van der Waals surface area contributed by atoms with Gasteiger partial charge in [0.25, 0.3) is 0 Å². The predicted octanol–water partition coefficient (Wildman–Crippen LogP) is 2.69. The quantitative estimate of drug-likeness (QED) is 0.730. The van der Waals surface area contributed by atoms with E-state index >= 15 is 0 Å². The highest BCUT2D eigenvalue weighted by Crippen LogP contribution is 2.34. The van der Waals surface area contributed by atoms with Crippen molar-refractivity contribution in [1.82, 2.24) is 4.90 Å². The van der Waals surface area contributed by atoms with Crippen LogP contribution in [-0.2, 0) is 9.59 Å². The smallest absolute Gasteiger partial charge is 0.243 e. The lowest BCUT2D eigenvalue weighted by molar-refractivity contribution is -0.143. The number of imide groups is 1. The average molecular weight is 257 g/mol. The van der Waals surface area contributed by atoms with E-state index in [0.717, 1.165) is 0 Å². The summed E-state index contributed by atoms with van der Waals surface area (Å²) in [4.78, 5) is 25.5. The van der Waals surface area contributed by atoms with Crippen LogP contribution < -0.4 is 0 Å². The van der Waals surface area contributed by atoms with Crippen LogP contribution in [0.3, 0.4) is 0 Å². The molecule has 0 aromatic carbocycles. The van der Waals surface area contributed by atoms with Gasteiger partial charge < -0.3 is 0 Å². The second kappa shape index (κ2) is 5.01. The first-order valence-corrected chi connectivity index (χ1v) is 7.11. The molecule has 4 heteroatoms. The minimum atomic E-state index is -0.398. The molecular formula is C13H23NO2S. The second-order valence-electron chi connectivity index (χ2n) is 6.02. The van der Waals surface area contributed by atoms with Crippen molar-refractivity contribution < 1.29 is 9.59 Å². The van der Waals surface area contributed by atoms with Crippen LogP contribution in [0.1, 0.15) is 48.0 Å². The lowest BCUT2D eigenvalue weighted by Gasteiger charge is -2.30. The first-order chi connectivity index (χ1) is 7.64. The van der Waals surface area contributed by atoms with Gasteiger partial charge in [-0.15, -0.1) is 11.8 Å². The Bertz CT molecular complexity index is 320. The van der Waals surface area contributed by atoms with E-state index in [1.165, 1.54) is 4.90 Å². The summed E-state index contributed by atoms with van der Waals surface area (Å²) in [6, 6.07) is 0. The van der Waals surface area contributed by atoms with Gasteiger partial charge in [0.2, 0.25) is 11.8 Å². The van der Waals surface area contributed by atoms with Crippen LogP contribution in [0.25, 0.3) is 0 Å². The van der Waals surface area contributed by atoms with Crippen molar-refractivity contribution in [3.8, 4) is 0 Å². The fourth-order valence-electron chi connectivity index (χ4n) is 1.83. The molecule has 1 fully saturated rings. The number of likely N-dealkylation sites (tertiary alicyclic amines) is 1. The van der Waals surface area contributed by atoms with Crippen molar-refractivity contribution >= 4 is 23.6 Å². The summed E-state index contributed by atoms with van der Waals surface area (Å²) in [7, 11) is 0. The number of nitrogens with zero attached hydrogens (tertiary/aromatic N) is 1. The Balaban J connectivity index is 2.75. The number of thioether (sulfide) groups is 1. The highest BCUT2D eigenvalue weighted by molar-refractivity contribution is 8.01. The normalized spacial score (nSPS) is 23.7. The molecule has 0 aliphatic carbocycles. The Morgan fingerprint density at radius 1 is 1.24 bits per heavy atom. The van der Waals surface area contributed by atoms with Crippen LogP contribution in [0, 0.1) is 5.92 Å². The molecule has 98 valence electrons. The molecule has 0 aromatic rings. The van der Waals surface area contributed by atoms with Gasteiger partial charge in [-0.2, -0.15) is 0 Å². The molecule has 17 heavy (non-hydrogen) atoms. The maximum Gasteiger partial charge on any atom is 0.243 e. The zero-order valence-electron chi connectivity index (χ0n) is 11.6. The highest BCUT2D eigenvalue weighted by atomic mass is 32.2. The van der Waals surface area contributed by atoms with Gasteiger partial charge in [0.05, 0.1) is 5.25 Å². The van der Waals surface area contributed by atoms with Crippen molar-refractivity contribution in [2.45, 2.75) is 64.0 Å². The van der Waals surface area contributed by atoms with Crippen molar-refractivity contribution in [2.75, 3.05) is 0 Å². The molecule has 1 unspecified atom stereocenters. The molecule has 0 spiro atoms. The zero-order valence-corrected chi connectivity index (χ0v) is 12.4. The maximum absolute atomic E-state index is 12.2. The van der Waals surface area contributed by atoms with Gasteiger partial charge in [-0.1, -0.05) is 20.8 Å². The number of hydrogen-bond donors (Lipinski definition) is 0. The van der Waals surface area contributed by atoms with Crippen LogP contribution in [0.2, 0.25) is 0 Å². The minimum Gasteiger partial charge on any atom is -0.276 e. The molecule has 2 amide bonds.